The molecule has 0 aliphatic heterocycles. The standard InChI is InChI=1S/C12H24N2O3/c1-4-6-8-13-11(15)10-14(5-2)9-7-12(16)17-3/h4-10H2,1-3H3,(H,13,15). The molecule has 0 rings (SSSR count). The maximum atomic E-state index is 11.5. The van der Waals surface area contributed by atoms with Gasteiger partial charge in [0.1, 0.15) is 0 Å². The van der Waals surface area contributed by atoms with Crippen LogP contribution in [-0.2, 0) is 14.3 Å². The van der Waals surface area contributed by atoms with Crippen molar-refractivity contribution in [3.05, 3.63) is 0 Å². The van der Waals surface area contributed by atoms with Gasteiger partial charge in [0.2, 0.25) is 5.91 Å². The first-order valence-electron chi connectivity index (χ1n) is 6.19. The maximum Gasteiger partial charge on any atom is 0.306 e. The summed E-state index contributed by atoms with van der Waals surface area (Å²) in [5.74, 6) is -0.222. The molecule has 0 aliphatic carbocycles. The van der Waals surface area contributed by atoms with Crippen LogP contribution in [0.1, 0.15) is 33.1 Å². The van der Waals surface area contributed by atoms with Gasteiger partial charge in [0.25, 0.3) is 0 Å². The van der Waals surface area contributed by atoms with Crippen molar-refractivity contribution in [2.24, 2.45) is 0 Å². The van der Waals surface area contributed by atoms with E-state index in [2.05, 4.69) is 17.0 Å². The smallest absolute Gasteiger partial charge is 0.306 e. The first kappa shape index (κ1) is 15.9. The van der Waals surface area contributed by atoms with Gasteiger partial charge >= 0.3 is 5.97 Å². The molecule has 0 atom stereocenters. The van der Waals surface area contributed by atoms with Crippen LogP contribution in [0.2, 0.25) is 0 Å². The molecule has 17 heavy (non-hydrogen) atoms. The summed E-state index contributed by atoms with van der Waals surface area (Å²) in [4.78, 5) is 24.4. The topological polar surface area (TPSA) is 58.6 Å². The monoisotopic (exact) mass is 244 g/mol. The van der Waals surface area contributed by atoms with E-state index in [9.17, 15) is 9.59 Å². The Morgan fingerprint density at radius 1 is 1.29 bits per heavy atom. The summed E-state index contributed by atoms with van der Waals surface area (Å²) < 4.78 is 4.56. The highest BCUT2D eigenvalue weighted by atomic mass is 16.5. The molecular formula is C12H24N2O3. The predicted molar refractivity (Wildman–Crippen MR) is 66.7 cm³/mol. The average molecular weight is 244 g/mol. The van der Waals surface area contributed by atoms with Crippen LogP contribution in [0.5, 0.6) is 0 Å². The fourth-order valence-corrected chi connectivity index (χ4v) is 1.36. The van der Waals surface area contributed by atoms with Crippen molar-refractivity contribution >= 4 is 11.9 Å². The molecule has 0 aromatic carbocycles. The molecule has 1 amide bonds. The molecule has 0 aromatic rings. The van der Waals surface area contributed by atoms with E-state index in [4.69, 9.17) is 0 Å². The van der Waals surface area contributed by atoms with Gasteiger partial charge in [-0.1, -0.05) is 20.3 Å². The van der Waals surface area contributed by atoms with Crippen LogP contribution >= 0.6 is 0 Å². The number of hydrogen-bond acceptors (Lipinski definition) is 4. The van der Waals surface area contributed by atoms with Crippen LogP contribution in [-0.4, -0.2) is 50.1 Å². The minimum absolute atomic E-state index is 0.0187. The van der Waals surface area contributed by atoms with E-state index in [1.165, 1.54) is 7.11 Å². The number of hydrogen-bond donors (Lipinski definition) is 1. The molecule has 0 bridgehead atoms. The highest BCUT2D eigenvalue weighted by Crippen LogP contribution is 1.93. The Labute approximate surface area is 103 Å². The van der Waals surface area contributed by atoms with E-state index in [1.807, 2.05) is 11.8 Å². The molecule has 0 aliphatic rings. The highest BCUT2D eigenvalue weighted by molar-refractivity contribution is 5.78. The molecule has 1 N–H and O–H groups in total. The van der Waals surface area contributed by atoms with E-state index >= 15 is 0 Å². The number of carbonyl (C=O) groups is 2. The van der Waals surface area contributed by atoms with Gasteiger partial charge in [-0.05, 0) is 13.0 Å². The maximum absolute atomic E-state index is 11.5. The zero-order chi connectivity index (χ0) is 13.1. The van der Waals surface area contributed by atoms with Crippen LogP contribution in [0.25, 0.3) is 0 Å². The minimum Gasteiger partial charge on any atom is -0.469 e. The number of amides is 1. The third-order valence-electron chi connectivity index (χ3n) is 2.53. The van der Waals surface area contributed by atoms with E-state index in [1.54, 1.807) is 0 Å². The van der Waals surface area contributed by atoms with Gasteiger partial charge in [-0.2, -0.15) is 0 Å². The molecule has 0 radical (unpaired) electrons. The van der Waals surface area contributed by atoms with Gasteiger partial charge in [0, 0.05) is 13.1 Å². The summed E-state index contributed by atoms with van der Waals surface area (Å²) in [7, 11) is 1.37. The molecular weight excluding hydrogens is 220 g/mol. The number of methoxy groups -OCH3 is 1. The molecule has 0 saturated carbocycles. The third-order valence-corrected chi connectivity index (χ3v) is 2.53. The molecule has 100 valence electrons. The summed E-state index contributed by atoms with van der Waals surface area (Å²) in [6.45, 7) is 6.43. The Morgan fingerprint density at radius 2 is 2.00 bits per heavy atom. The quantitative estimate of drug-likeness (QED) is 0.481. The first-order valence-corrected chi connectivity index (χ1v) is 6.19. The fraction of sp³-hybridized carbons (Fsp3) is 0.833. The average Bonchev–Trinajstić information content (AvgIpc) is 2.34. The molecule has 0 aromatic heterocycles. The van der Waals surface area contributed by atoms with E-state index in [0.29, 0.717) is 19.5 Å². The Morgan fingerprint density at radius 3 is 2.53 bits per heavy atom. The zero-order valence-electron chi connectivity index (χ0n) is 11.1. The van der Waals surface area contributed by atoms with Crippen LogP contribution in [0, 0.1) is 0 Å². The van der Waals surface area contributed by atoms with Crippen molar-refractivity contribution in [3.63, 3.8) is 0 Å². The molecule has 0 fully saturated rings. The Kier molecular flexibility index (Phi) is 9.43. The van der Waals surface area contributed by atoms with Crippen molar-refractivity contribution in [1.29, 1.82) is 0 Å². The number of likely N-dealkylation sites (N-methyl/N-ethyl adjacent to an activating group) is 1. The number of nitrogens with zero attached hydrogens (tertiary/aromatic N) is 1. The van der Waals surface area contributed by atoms with Crippen LogP contribution in [0.15, 0.2) is 0 Å². The highest BCUT2D eigenvalue weighted by Gasteiger charge is 2.10. The molecule has 0 heterocycles. The Hall–Kier alpha value is -1.10. The number of ether oxygens (including phenoxy) is 1. The predicted octanol–water partition coefficient (Wildman–Crippen LogP) is 0.788. The molecule has 0 spiro atoms. The summed E-state index contributed by atoms with van der Waals surface area (Å²) in [6.07, 6.45) is 2.40. The summed E-state index contributed by atoms with van der Waals surface area (Å²) in [5, 5.41) is 2.85. The van der Waals surface area contributed by atoms with Crippen LogP contribution in [0.3, 0.4) is 0 Å². The molecule has 5 nitrogen and oxygen atoms in total. The van der Waals surface area contributed by atoms with Gasteiger partial charge in [0.15, 0.2) is 0 Å². The Bertz CT molecular complexity index is 232. The van der Waals surface area contributed by atoms with Crippen molar-refractivity contribution in [1.82, 2.24) is 10.2 Å². The summed E-state index contributed by atoms with van der Waals surface area (Å²) >= 11 is 0. The normalized spacial score (nSPS) is 10.4. The third kappa shape index (κ3) is 8.68. The second-order valence-electron chi connectivity index (χ2n) is 3.90. The van der Waals surface area contributed by atoms with Gasteiger partial charge < -0.3 is 10.1 Å². The van der Waals surface area contributed by atoms with Crippen LogP contribution in [0.4, 0.5) is 0 Å². The first-order chi connectivity index (χ1) is 8.13. The van der Waals surface area contributed by atoms with Gasteiger partial charge in [-0.3, -0.25) is 14.5 Å². The second-order valence-corrected chi connectivity index (χ2v) is 3.90. The van der Waals surface area contributed by atoms with E-state index < -0.39 is 0 Å². The minimum atomic E-state index is -0.241. The van der Waals surface area contributed by atoms with Crippen molar-refractivity contribution < 1.29 is 14.3 Å². The van der Waals surface area contributed by atoms with Gasteiger partial charge in [0.05, 0.1) is 20.1 Å². The number of rotatable bonds is 9. The fourth-order valence-electron chi connectivity index (χ4n) is 1.36. The number of esters is 1. The lowest BCUT2D eigenvalue weighted by atomic mass is 10.3. The van der Waals surface area contributed by atoms with E-state index in [0.717, 1.165) is 25.9 Å². The van der Waals surface area contributed by atoms with Crippen molar-refractivity contribution in [3.8, 4) is 0 Å². The van der Waals surface area contributed by atoms with Crippen molar-refractivity contribution in [2.75, 3.05) is 33.3 Å². The lowest BCUT2D eigenvalue weighted by Gasteiger charge is -2.19. The van der Waals surface area contributed by atoms with Gasteiger partial charge in [-0.25, -0.2) is 0 Å². The number of carbonyl (C=O) groups excluding carboxylic acids is 2. The molecule has 5 heteroatoms. The SMILES string of the molecule is CCCCNC(=O)CN(CC)CCC(=O)OC. The number of unbranched alkanes of at least 4 members (excludes halogenated alkanes) is 1. The summed E-state index contributed by atoms with van der Waals surface area (Å²) in [5.41, 5.74) is 0. The lowest BCUT2D eigenvalue weighted by Crippen LogP contribution is -2.38. The molecule has 0 unspecified atom stereocenters. The van der Waals surface area contributed by atoms with Gasteiger partial charge in [-0.15, -0.1) is 0 Å². The summed E-state index contributed by atoms with van der Waals surface area (Å²) in [6, 6.07) is 0. The second kappa shape index (κ2) is 10.1. The van der Waals surface area contributed by atoms with Crippen molar-refractivity contribution in [2.45, 2.75) is 33.1 Å². The molecule has 0 saturated heterocycles. The zero-order valence-corrected chi connectivity index (χ0v) is 11.1. The van der Waals surface area contributed by atoms with Crippen LogP contribution < -0.4 is 5.32 Å². The van der Waals surface area contributed by atoms with E-state index in [-0.39, 0.29) is 11.9 Å². The lowest BCUT2D eigenvalue weighted by molar-refractivity contribution is -0.141. The largest absolute Gasteiger partial charge is 0.469 e. The number of nitrogens with one attached hydrogen (secondary N) is 1. The Balaban J connectivity index is 3.79.